The lowest BCUT2D eigenvalue weighted by atomic mass is 9.92. The molecule has 2 amide bonds. The van der Waals surface area contributed by atoms with E-state index in [2.05, 4.69) is 10.2 Å². The van der Waals surface area contributed by atoms with Crippen molar-refractivity contribution in [2.24, 2.45) is 5.92 Å². The van der Waals surface area contributed by atoms with E-state index >= 15 is 0 Å². The van der Waals surface area contributed by atoms with Gasteiger partial charge >= 0.3 is 0 Å². The van der Waals surface area contributed by atoms with Crippen LogP contribution in [0.2, 0.25) is 0 Å². The van der Waals surface area contributed by atoms with E-state index in [1.807, 2.05) is 0 Å². The number of hydrogen-bond donors (Lipinski definition) is 2. The van der Waals surface area contributed by atoms with E-state index in [0.717, 1.165) is 71.3 Å². The summed E-state index contributed by atoms with van der Waals surface area (Å²) >= 11 is 0. The second-order valence-electron chi connectivity index (χ2n) is 7.46. The van der Waals surface area contributed by atoms with Gasteiger partial charge in [0.2, 0.25) is 11.8 Å². The molecular formula is C18H31N3O4. The van der Waals surface area contributed by atoms with Gasteiger partial charge in [0.25, 0.3) is 0 Å². The number of amides is 2. The Morgan fingerprint density at radius 1 is 1.04 bits per heavy atom. The van der Waals surface area contributed by atoms with Gasteiger partial charge in [-0.2, -0.15) is 0 Å². The number of ether oxygens (including phenoxy) is 1. The average molecular weight is 353 g/mol. The van der Waals surface area contributed by atoms with Gasteiger partial charge in [0.15, 0.2) is 0 Å². The van der Waals surface area contributed by atoms with Crippen molar-refractivity contribution in [3.63, 3.8) is 0 Å². The average Bonchev–Trinajstić information content (AvgIpc) is 3.19. The first-order valence-corrected chi connectivity index (χ1v) is 9.69. The largest absolute Gasteiger partial charge is 0.387 e. The molecule has 0 aromatic heterocycles. The van der Waals surface area contributed by atoms with E-state index in [-0.39, 0.29) is 23.8 Å². The number of aliphatic hydroxyl groups excluding tert-OH is 1. The topological polar surface area (TPSA) is 82.1 Å². The van der Waals surface area contributed by atoms with Gasteiger partial charge in [-0.15, -0.1) is 0 Å². The van der Waals surface area contributed by atoms with Gasteiger partial charge in [-0.3, -0.25) is 9.59 Å². The standard InChI is InChI=1S/C18H31N3O4/c22-13-17(23)21-9-5-15(6-10-21)20-7-3-14(4-8-20)18(24)19-12-16-2-1-11-25-16/h14-16,22H,1-13H2,(H,19,24). The molecular weight excluding hydrogens is 322 g/mol. The molecule has 0 aliphatic carbocycles. The Balaban J connectivity index is 1.35. The van der Waals surface area contributed by atoms with Crippen molar-refractivity contribution in [1.82, 2.24) is 15.1 Å². The van der Waals surface area contributed by atoms with Gasteiger partial charge in [-0.25, -0.2) is 0 Å². The molecule has 3 heterocycles. The molecule has 1 unspecified atom stereocenters. The molecule has 3 rings (SSSR count). The summed E-state index contributed by atoms with van der Waals surface area (Å²) in [5.74, 6) is 0.132. The van der Waals surface area contributed by atoms with Crippen LogP contribution in [0.4, 0.5) is 0 Å². The normalized spacial score (nSPS) is 26.8. The molecule has 3 aliphatic rings. The molecule has 3 aliphatic heterocycles. The number of nitrogens with zero attached hydrogens (tertiary/aromatic N) is 2. The summed E-state index contributed by atoms with van der Waals surface area (Å²) in [5.41, 5.74) is 0. The number of hydrogen-bond acceptors (Lipinski definition) is 5. The molecule has 3 saturated heterocycles. The van der Waals surface area contributed by atoms with Crippen molar-refractivity contribution in [3.8, 4) is 0 Å². The summed E-state index contributed by atoms with van der Waals surface area (Å²) < 4.78 is 5.55. The molecule has 0 aromatic rings. The van der Waals surface area contributed by atoms with E-state index in [4.69, 9.17) is 9.84 Å². The highest BCUT2D eigenvalue weighted by Gasteiger charge is 2.31. The number of carbonyl (C=O) groups is 2. The zero-order chi connectivity index (χ0) is 17.6. The third-order valence-corrected chi connectivity index (χ3v) is 5.90. The smallest absolute Gasteiger partial charge is 0.248 e. The fourth-order valence-corrected chi connectivity index (χ4v) is 4.27. The lowest BCUT2D eigenvalue weighted by Crippen LogP contribution is -2.50. The number of piperidine rings is 2. The summed E-state index contributed by atoms with van der Waals surface area (Å²) in [7, 11) is 0. The molecule has 2 N–H and O–H groups in total. The first kappa shape index (κ1) is 18.6. The molecule has 3 fully saturated rings. The maximum atomic E-state index is 12.3. The van der Waals surface area contributed by atoms with Crippen molar-refractivity contribution in [2.75, 3.05) is 45.9 Å². The van der Waals surface area contributed by atoms with Crippen LogP contribution in [0, 0.1) is 5.92 Å². The molecule has 0 saturated carbocycles. The predicted octanol–water partition coefficient (Wildman–Crippen LogP) is -0.0231. The molecule has 7 heteroatoms. The summed E-state index contributed by atoms with van der Waals surface area (Å²) in [6.07, 6.45) is 6.09. The lowest BCUT2D eigenvalue weighted by molar-refractivity contribution is -0.136. The van der Waals surface area contributed by atoms with Gasteiger partial charge < -0.3 is 25.0 Å². The molecule has 0 aromatic carbocycles. The van der Waals surface area contributed by atoms with Crippen molar-refractivity contribution in [2.45, 2.75) is 50.7 Å². The van der Waals surface area contributed by atoms with Crippen molar-refractivity contribution < 1.29 is 19.4 Å². The van der Waals surface area contributed by atoms with Crippen LogP contribution in [0.15, 0.2) is 0 Å². The molecule has 0 bridgehead atoms. The number of rotatable bonds is 5. The minimum absolute atomic E-state index is 0.119. The number of nitrogens with one attached hydrogen (secondary N) is 1. The van der Waals surface area contributed by atoms with E-state index in [0.29, 0.717) is 12.6 Å². The first-order valence-electron chi connectivity index (χ1n) is 9.69. The van der Waals surface area contributed by atoms with Crippen LogP contribution in [-0.4, -0.2) is 84.8 Å². The van der Waals surface area contributed by atoms with Crippen LogP contribution in [0.3, 0.4) is 0 Å². The van der Waals surface area contributed by atoms with E-state index in [1.54, 1.807) is 4.90 Å². The zero-order valence-electron chi connectivity index (χ0n) is 15.0. The Morgan fingerprint density at radius 2 is 1.76 bits per heavy atom. The van der Waals surface area contributed by atoms with Crippen LogP contribution in [0.1, 0.15) is 38.5 Å². The second-order valence-corrected chi connectivity index (χ2v) is 7.46. The van der Waals surface area contributed by atoms with Crippen molar-refractivity contribution in [3.05, 3.63) is 0 Å². The SMILES string of the molecule is O=C(NCC1CCCO1)C1CCN(C2CCN(C(=O)CO)CC2)CC1. The third-order valence-electron chi connectivity index (χ3n) is 5.90. The third kappa shape index (κ3) is 4.92. The first-order chi connectivity index (χ1) is 12.2. The van der Waals surface area contributed by atoms with Crippen LogP contribution in [0.25, 0.3) is 0 Å². The quantitative estimate of drug-likeness (QED) is 0.726. The Hall–Kier alpha value is -1.18. The zero-order valence-corrected chi connectivity index (χ0v) is 15.0. The van der Waals surface area contributed by atoms with Gasteiger partial charge in [0.05, 0.1) is 6.10 Å². The Labute approximate surface area is 149 Å². The Kier molecular flexibility index (Phi) is 6.67. The van der Waals surface area contributed by atoms with E-state index < -0.39 is 6.61 Å². The minimum atomic E-state index is -0.392. The van der Waals surface area contributed by atoms with Crippen LogP contribution < -0.4 is 5.32 Å². The van der Waals surface area contributed by atoms with Gasteiger partial charge in [0, 0.05) is 38.2 Å². The predicted molar refractivity (Wildman–Crippen MR) is 93.0 cm³/mol. The van der Waals surface area contributed by atoms with Gasteiger partial charge in [-0.1, -0.05) is 0 Å². The molecule has 7 nitrogen and oxygen atoms in total. The number of aliphatic hydroxyl groups is 1. The summed E-state index contributed by atoms with van der Waals surface area (Å²) in [6, 6.07) is 0.499. The molecule has 25 heavy (non-hydrogen) atoms. The van der Waals surface area contributed by atoms with E-state index in [1.165, 1.54) is 0 Å². The van der Waals surface area contributed by atoms with Crippen LogP contribution in [0.5, 0.6) is 0 Å². The highest BCUT2D eigenvalue weighted by atomic mass is 16.5. The Morgan fingerprint density at radius 3 is 2.36 bits per heavy atom. The van der Waals surface area contributed by atoms with Gasteiger partial charge in [0.1, 0.15) is 6.61 Å². The second kappa shape index (κ2) is 8.96. The molecule has 0 radical (unpaired) electrons. The summed E-state index contributed by atoms with van der Waals surface area (Å²) in [6.45, 7) is 4.44. The Bertz CT molecular complexity index is 451. The highest BCUT2D eigenvalue weighted by molar-refractivity contribution is 5.78. The van der Waals surface area contributed by atoms with Crippen molar-refractivity contribution >= 4 is 11.8 Å². The van der Waals surface area contributed by atoms with Crippen LogP contribution >= 0.6 is 0 Å². The van der Waals surface area contributed by atoms with Gasteiger partial charge in [-0.05, 0) is 51.6 Å². The monoisotopic (exact) mass is 353 g/mol. The fraction of sp³-hybridized carbons (Fsp3) is 0.889. The lowest BCUT2D eigenvalue weighted by Gasteiger charge is -2.41. The molecule has 0 spiro atoms. The summed E-state index contributed by atoms with van der Waals surface area (Å²) in [4.78, 5) is 28.1. The number of carbonyl (C=O) groups excluding carboxylic acids is 2. The highest BCUT2D eigenvalue weighted by Crippen LogP contribution is 2.24. The van der Waals surface area contributed by atoms with Crippen LogP contribution in [-0.2, 0) is 14.3 Å². The molecule has 1 atom stereocenters. The number of likely N-dealkylation sites (tertiary alicyclic amines) is 2. The van der Waals surface area contributed by atoms with Crippen molar-refractivity contribution in [1.29, 1.82) is 0 Å². The maximum Gasteiger partial charge on any atom is 0.248 e. The van der Waals surface area contributed by atoms with E-state index in [9.17, 15) is 9.59 Å². The fourth-order valence-electron chi connectivity index (χ4n) is 4.27. The maximum absolute atomic E-state index is 12.3. The minimum Gasteiger partial charge on any atom is -0.387 e. The summed E-state index contributed by atoms with van der Waals surface area (Å²) in [5, 5.41) is 12.0. The molecule has 142 valence electrons.